The van der Waals surface area contributed by atoms with E-state index >= 15 is 0 Å². The number of aliphatic carboxylic acids is 1. The van der Waals surface area contributed by atoms with E-state index in [-0.39, 0.29) is 11.8 Å². The molecule has 0 spiro atoms. The van der Waals surface area contributed by atoms with Crippen molar-refractivity contribution in [1.82, 2.24) is 4.98 Å². The van der Waals surface area contributed by atoms with Crippen molar-refractivity contribution in [2.75, 3.05) is 0 Å². The van der Waals surface area contributed by atoms with Gasteiger partial charge in [-0.05, 0) is 12.8 Å². The number of aromatic nitrogens is 1. The van der Waals surface area contributed by atoms with E-state index in [1.165, 1.54) is 12.8 Å². The van der Waals surface area contributed by atoms with Crippen molar-refractivity contribution in [3.8, 4) is 0 Å². The average Bonchev–Trinajstić information content (AvgIpc) is 2.86. The summed E-state index contributed by atoms with van der Waals surface area (Å²) in [5.74, 6) is -0.162. The Morgan fingerprint density at radius 2 is 2.12 bits per heavy atom. The highest BCUT2D eigenvalue weighted by Crippen LogP contribution is 2.44. The molecular weight excluding hydrogens is 222 g/mol. The standard InChI is InChI=1S/C12H17NO2S/c1-12(2,3)10-8(6-9(14)15)16-11(13-10)7-4-5-7/h7H,4-6H2,1-3H3,(H,14,15). The van der Waals surface area contributed by atoms with Crippen molar-refractivity contribution in [1.29, 1.82) is 0 Å². The third-order valence-electron chi connectivity index (χ3n) is 2.66. The summed E-state index contributed by atoms with van der Waals surface area (Å²) in [5, 5.41) is 10.0. The minimum absolute atomic E-state index is 0.0611. The molecule has 1 aromatic heterocycles. The molecule has 0 atom stereocenters. The monoisotopic (exact) mass is 239 g/mol. The molecule has 1 aliphatic rings. The van der Waals surface area contributed by atoms with Gasteiger partial charge in [-0.3, -0.25) is 4.79 Å². The zero-order valence-corrected chi connectivity index (χ0v) is 10.7. The first kappa shape index (κ1) is 11.6. The average molecular weight is 239 g/mol. The molecule has 88 valence electrons. The van der Waals surface area contributed by atoms with Gasteiger partial charge in [0.25, 0.3) is 0 Å². The summed E-state index contributed by atoms with van der Waals surface area (Å²) in [6, 6.07) is 0. The van der Waals surface area contributed by atoms with Crippen LogP contribution in [-0.2, 0) is 16.6 Å². The maximum Gasteiger partial charge on any atom is 0.308 e. The summed E-state index contributed by atoms with van der Waals surface area (Å²) >= 11 is 1.59. The molecular formula is C12H17NO2S. The van der Waals surface area contributed by atoms with E-state index in [1.807, 2.05) is 0 Å². The van der Waals surface area contributed by atoms with Crippen LogP contribution in [0.25, 0.3) is 0 Å². The lowest BCUT2D eigenvalue weighted by atomic mass is 9.91. The number of nitrogens with zero attached hydrogens (tertiary/aromatic N) is 1. The van der Waals surface area contributed by atoms with Gasteiger partial charge in [0.15, 0.2) is 0 Å². The Bertz CT molecular complexity index is 413. The fourth-order valence-corrected chi connectivity index (χ4v) is 3.15. The van der Waals surface area contributed by atoms with Gasteiger partial charge in [-0.2, -0.15) is 0 Å². The molecule has 3 nitrogen and oxygen atoms in total. The SMILES string of the molecule is CC(C)(C)c1nc(C2CC2)sc1CC(=O)O. The van der Waals surface area contributed by atoms with Crippen LogP contribution in [0.3, 0.4) is 0 Å². The normalized spacial score (nSPS) is 16.4. The molecule has 16 heavy (non-hydrogen) atoms. The van der Waals surface area contributed by atoms with Gasteiger partial charge in [0.2, 0.25) is 0 Å². The van der Waals surface area contributed by atoms with E-state index < -0.39 is 5.97 Å². The Hall–Kier alpha value is -0.900. The number of hydrogen-bond donors (Lipinski definition) is 1. The van der Waals surface area contributed by atoms with E-state index in [9.17, 15) is 4.79 Å². The molecule has 1 N–H and O–H groups in total. The van der Waals surface area contributed by atoms with Gasteiger partial charge in [0.1, 0.15) is 0 Å². The van der Waals surface area contributed by atoms with E-state index in [4.69, 9.17) is 5.11 Å². The zero-order chi connectivity index (χ0) is 11.9. The van der Waals surface area contributed by atoms with Crippen LogP contribution in [-0.4, -0.2) is 16.1 Å². The lowest BCUT2D eigenvalue weighted by Crippen LogP contribution is -2.15. The van der Waals surface area contributed by atoms with Crippen LogP contribution in [0.15, 0.2) is 0 Å². The molecule has 1 fully saturated rings. The second kappa shape index (κ2) is 3.84. The molecule has 1 saturated carbocycles. The first-order valence-electron chi connectivity index (χ1n) is 5.60. The van der Waals surface area contributed by atoms with Crippen molar-refractivity contribution in [3.63, 3.8) is 0 Å². The third kappa shape index (κ3) is 2.43. The number of thiazole rings is 1. The molecule has 2 rings (SSSR count). The minimum Gasteiger partial charge on any atom is -0.481 e. The summed E-state index contributed by atoms with van der Waals surface area (Å²) < 4.78 is 0. The number of carboxylic acid groups (broad SMARTS) is 1. The summed E-state index contributed by atoms with van der Waals surface area (Å²) in [7, 11) is 0. The Morgan fingerprint density at radius 1 is 1.50 bits per heavy atom. The largest absolute Gasteiger partial charge is 0.481 e. The van der Waals surface area contributed by atoms with Gasteiger partial charge in [0, 0.05) is 16.2 Å². The van der Waals surface area contributed by atoms with Crippen LogP contribution >= 0.6 is 11.3 Å². The van der Waals surface area contributed by atoms with Crippen molar-refractivity contribution in [2.24, 2.45) is 0 Å². The minimum atomic E-state index is -0.767. The van der Waals surface area contributed by atoms with Crippen LogP contribution in [0.5, 0.6) is 0 Å². The lowest BCUT2D eigenvalue weighted by Gasteiger charge is -2.16. The fraction of sp³-hybridized carbons (Fsp3) is 0.667. The predicted molar refractivity (Wildman–Crippen MR) is 64.1 cm³/mol. The van der Waals surface area contributed by atoms with Crippen molar-refractivity contribution in [2.45, 2.75) is 51.4 Å². The molecule has 0 saturated heterocycles. The van der Waals surface area contributed by atoms with Gasteiger partial charge in [-0.25, -0.2) is 4.98 Å². The van der Waals surface area contributed by atoms with Crippen molar-refractivity contribution in [3.05, 3.63) is 15.6 Å². The summed E-state index contributed by atoms with van der Waals surface area (Å²) in [5.41, 5.74) is 0.913. The molecule has 0 radical (unpaired) electrons. The predicted octanol–water partition coefficient (Wildman–Crippen LogP) is 2.95. The Kier molecular flexibility index (Phi) is 2.78. The quantitative estimate of drug-likeness (QED) is 0.882. The van der Waals surface area contributed by atoms with Crippen molar-refractivity contribution < 1.29 is 9.90 Å². The number of carbonyl (C=O) groups is 1. The summed E-state index contributed by atoms with van der Waals surface area (Å²) in [6.45, 7) is 6.26. The Balaban J connectivity index is 2.35. The molecule has 0 bridgehead atoms. The number of hydrogen-bond acceptors (Lipinski definition) is 3. The fourth-order valence-electron chi connectivity index (χ4n) is 1.72. The van der Waals surface area contributed by atoms with Gasteiger partial charge in [-0.1, -0.05) is 20.8 Å². The summed E-state index contributed by atoms with van der Waals surface area (Å²) in [6.07, 6.45) is 2.53. The molecule has 1 heterocycles. The summed E-state index contributed by atoms with van der Waals surface area (Å²) in [4.78, 5) is 16.4. The molecule has 4 heteroatoms. The van der Waals surface area contributed by atoms with E-state index in [0.717, 1.165) is 15.6 Å². The van der Waals surface area contributed by atoms with Crippen LogP contribution < -0.4 is 0 Å². The molecule has 0 aromatic carbocycles. The van der Waals surface area contributed by atoms with Crippen LogP contribution in [0.4, 0.5) is 0 Å². The van der Waals surface area contributed by atoms with E-state index in [0.29, 0.717) is 5.92 Å². The van der Waals surface area contributed by atoms with Crippen LogP contribution in [0, 0.1) is 0 Å². The highest BCUT2D eigenvalue weighted by atomic mass is 32.1. The van der Waals surface area contributed by atoms with Crippen LogP contribution in [0.1, 0.15) is 55.1 Å². The first-order valence-corrected chi connectivity index (χ1v) is 6.41. The highest BCUT2D eigenvalue weighted by Gasteiger charge is 2.31. The van der Waals surface area contributed by atoms with Gasteiger partial charge >= 0.3 is 5.97 Å². The third-order valence-corrected chi connectivity index (χ3v) is 3.88. The second-order valence-electron chi connectivity index (χ2n) is 5.42. The lowest BCUT2D eigenvalue weighted by molar-refractivity contribution is -0.136. The Morgan fingerprint density at radius 3 is 2.56 bits per heavy atom. The number of carboxylic acids is 1. The second-order valence-corrected chi connectivity index (χ2v) is 6.53. The van der Waals surface area contributed by atoms with Gasteiger partial charge in [0.05, 0.1) is 17.1 Å². The topological polar surface area (TPSA) is 50.2 Å². The highest BCUT2D eigenvalue weighted by molar-refractivity contribution is 7.12. The van der Waals surface area contributed by atoms with Crippen molar-refractivity contribution >= 4 is 17.3 Å². The first-order chi connectivity index (χ1) is 7.38. The smallest absolute Gasteiger partial charge is 0.308 e. The van der Waals surface area contributed by atoms with Gasteiger partial charge in [-0.15, -0.1) is 11.3 Å². The molecule has 0 aliphatic heterocycles. The zero-order valence-electron chi connectivity index (χ0n) is 9.91. The maximum absolute atomic E-state index is 10.8. The van der Waals surface area contributed by atoms with Gasteiger partial charge < -0.3 is 5.11 Å². The molecule has 0 unspecified atom stereocenters. The number of rotatable bonds is 3. The molecule has 1 aliphatic carbocycles. The van der Waals surface area contributed by atoms with E-state index in [1.54, 1.807) is 11.3 Å². The maximum atomic E-state index is 10.8. The molecule has 1 aromatic rings. The molecule has 0 amide bonds. The van der Waals surface area contributed by atoms with Crippen LogP contribution in [0.2, 0.25) is 0 Å². The Labute approximate surface area is 99.5 Å². The van der Waals surface area contributed by atoms with E-state index in [2.05, 4.69) is 25.8 Å².